The van der Waals surface area contributed by atoms with Gasteiger partial charge in [0.05, 0.1) is 11.6 Å². The fourth-order valence-electron chi connectivity index (χ4n) is 2.81. The molecule has 4 nitrogen and oxygen atoms in total. The summed E-state index contributed by atoms with van der Waals surface area (Å²) in [4.78, 5) is 12.5. The van der Waals surface area contributed by atoms with Crippen LogP contribution < -0.4 is 10.6 Å². The first-order valence-corrected chi connectivity index (χ1v) is 8.06. The average Bonchev–Trinajstić information content (AvgIpc) is 2.58. The number of hydrogen-bond donors (Lipinski definition) is 2. The first-order valence-electron chi connectivity index (χ1n) is 7.65. The Morgan fingerprint density at radius 3 is 2.79 bits per heavy atom. The molecule has 0 unspecified atom stereocenters. The Hall–Kier alpha value is -2.66. The largest absolute Gasteiger partial charge is 0.458 e. The lowest BCUT2D eigenvalue weighted by atomic mass is 9.94. The topological polar surface area (TPSA) is 50.4 Å². The number of carbonyl (C=O) groups is 1. The van der Waals surface area contributed by atoms with Gasteiger partial charge in [-0.15, -0.1) is 0 Å². The van der Waals surface area contributed by atoms with Gasteiger partial charge in [0, 0.05) is 5.70 Å². The Bertz CT molecular complexity index is 857. The van der Waals surface area contributed by atoms with Gasteiger partial charge in [0.25, 0.3) is 0 Å². The lowest BCUT2D eigenvalue weighted by Crippen LogP contribution is -2.45. The number of hydrogen-bond acceptors (Lipinski definition) is 3. The standard InChI is InChI=1S/C19H18N2O2S/c1-3-10-23-18(22)16-12(2)20-19(24)21-17(16)15-9-8-13-6-4-5-7-14(13)11-15/h3-9,11,17H,1,10H2,2H3,(H2,20,21,24)/t17-/m1/s1. The molecular formula is C19H18N2O2S. The molecule has 0 spiro atoms. The van der Waals surface area contributed by atoms with Crippen molar-refractivity contribution in [3.63, 3.8) is 0 Å². The van der Waals surface area contributed by atoms with Crippen molar-refractivity contribution in [2.45, 2.75) is 13.0 Å². The van der Waals surface area contributed by atoms with E-state index >= 15 is 0 Å². The van der Waals surface area contributed by atoms with E-state index in [1.54, 1.807) is 6.08 Å². The van der Waals surface area contributed by atoms with Crippen LogP contribution in [-0.2, 0) is 9.53 Å². The van der Waals surface area contributed by atoms with Crippen molar-refractivity contribution < 1.29 is 9.53 Å². The van der Waals surface area contributed by atoms with Crippen LogP contribution in [-0.4, -0.2) is 17.7 Å². The molecule has 1 atom stereocenters. The smallest absolute Gasteiger partial charge is 0.338 e. The molecule has 122 valence electrons. The van der Waals surface area contributed by atoms with Gasteiger partial charge in [-0.3, -0.25) is 0 Å². The second kappa shape index (κ2) is 6.84. The molecule has 1 aliphatic rings. The van der Waals surface area contributed by atoms with Crippen molar-refractivity contribution in [3.05, 3.63) is 72.0 Å². The lowest BCUT2D eigenvalue weighted by Gasteiger charge is -2.30. The van der Waals surface area contributed by atoms with Crippen LogP contribution in [0.1, 0.15) is 18.5 Å². The second-order valence-corrected chi connectivity index (χ2v) is 5.97. The third kappa shape index (κ3) is 3.16. The minimum Gasteiger partial charge on any atom is -0.458 e. The third-order valence-electron chi connectivity index (χ3n) is 3.93. The monoisotopic (exact) mass is 338 g/mol. The molecule has 24 heavy (non-hydrogen) atoms. The lowest BCUT2D eigenvalue weighted by molar-refractivity contribution is -0.138. The molecule has 0 saturated carbocycles. The zero-order chi connectivity index (χ0) is 17.1. The molecule has 3 rings (SSSR count). The molecule has 5 heteroatoms. The van der Waals surface area contributed by atoms with Crippen molar-refractivity contribution >= 4 is 34.1 Å². The number of carbonyl (C=O) groups excluding carboxylic acids is 1. The van der Waals surface area contributed by atoms with E-state index in [9.17, 15) is 4.79 Å². The van der Waals surface area contributed by atoms with Gasteiger partial charge in [-0.2, -0.15) is 0 Å². The highest BCUT2D eigenvalue weighted by atomic mass is 32.1. The number of rotatable bonds is 4. The number of nitrogens with one attached hydrogen (secondary N) is 2. The van der Waals surface area contributed by atoms with Crippen LogP contribution in [0.25, 0.3) is 10.8 Å². The number of thiocarbonyl (C=S) groups is 1. The molecule has 1 heterocycles. The average molecular weight is 338 g/mol. The quantitative estimate of drug-likeness (QED) is 0.509. The van der Waals surface area contributed by atoms with Crippen molar-refractivity contribution in [1.82, 2.24) is 10.6 Å². The Kier molecular flexibility index (Phi) is 4.62. The van der Waals surface area contributed by atoms with Crippen molar-refractivity contribution in [2.75, 3.05) is 6.61 Å². The SMILES string of the molecule is C=CCOC(=O)C1=C(C)NC(=S)N[C@@H]1c1ccc2ccccc2c1. The molecule has 2 N–H and O–H groups in total. The molecule has 0 radical (unpaired) electrons. The Balaban J connectivity index is 2.03. The first kappa shape index (κ1) is 16.2. The summed E-state index contributed by atoms with van der Waals surface area (Å²) in [5.74, 6) is -0.381. The number of benzene rings is 2. The van der Waals surface area contributed by atoms with E-state index in [0.29, 0.717) is 16.4 Å². The zero-order valence-electron chi connectivity index (χ0n) is 13.3. The molecule has 0 amide bonds. The van der Waals surface area contributed by atoms with E-state index in [1.165, 1.54) is 0 Å². The van der Waals surface area contributed by atoms with Gasteiger partial charge in [0.15, 0.2) is 5.11 Å². The van der Waals surface area contributed by atoms with Gasteiger partial charge in [-0.1, -0.05) is 49.1 Å². The van der Waals surface area contributed by atoms with Crippen LogP contribution in [0.4, 0.5) is 0 Å². The Labute approximate surface area is 146 Å². The summed E-state index contributed by atoms with van der Waals surface area (Å²) >= 11 is 5.26. The normalized spacial score (nSPS) is 17.2. The molecule has 0 aliphatic carbocycles. The highest BCUT2D eigenvalue weighted by Crippen LogP contribution is 2.29. The van der Waals surface area contributed by atoms with Gasteiger partial charge < -0.3 is 15.4 Å². The van der Waals surface area contributed by atoms with Crippen molar-refractivity contribution in [3.8, 4) is 0 Å². The highest BCUT2D eigenvalue weighted by molar-refractivity contribution is 7.80. The third-order valence-corrected chi connectivity index (χ3v) is 4.15. The highest BCUT2D eigenvalue weighted by Gasteiger charge is 2.30. The van der Waals surface area contributed by atoms with Crippen LogP contribution in [0.15, 0.2) is 66.4 Å². The molecule has 0 saturated heterocycles. The van der Waals surface area contributed by atoms with Crippen LogP contribution in [0.5, 0.6) is 0 Å². The zero-order valence-corrected chi connectivity index (χ0v) is 14.2. The summed E-state index contributed by atoms with van der Waals surface area (Å²) in [6.07, 6.45) is 1.55. The molecule has 0 fully saturated rings. The van der Waals surface area contributed by atoms with Gasteiger partial charge >= 0.3 is 5.97 Å². The number of ether oxygens (including phenoxy) is 1. The molecule has 0 bridgehead atoms. The van der Waals surface area contributed by atoms with Crippen LogP contribution in [0.2, 0.25) is 0 Å². The van der Waals surface area contributed by atoms with E-state index < -0.39 is 0 Å². The maximum absolute atomic E-state index is 12.5. The summed E-state index contributed by atoms with van der Waals surface area (Å²) in [6.45, 7) is 5.57. The molecule has 2 aromatic carbocycles. The predicted octanol–water partition coefficient (Wildman–Crippen LogP) is 3.36. The molecular weight excluding hydrogens is 320 g/mol. The first-order chi connectivity index (χ1) is 11.6. The summed E-state index contributed by atoms with van der Waals surface area (Å²) in [5, 5.41) is 8.92. The second-order valence-electron chi connectivity index (χ2n) is 5.56. The van der Waals surface area contributed by atoms with Gasteiger partial charge in [0.2, 0.25) is 0 Å². The number of esters is 1. The van der Waals surface area contributed by atoms with E-state index in [4.69, 9.17) is 17.0 Å². The van der Waals surface area contributed by atoms with Crippen molar-refractivity contribution in [1.29, 1.82) is 0 Å². The molecule has 1 aliphatic heterocycles. The Morgan fingerprint density at radius 2 is 2.04 bits per heavy atom. The van der Waals surface area contributed by atoms with Crippen molar-refractivity contribution in [2.24, 2.45) is 0 Å². The van der Waals surface area contributed by atoms with E-state index in [0.717, 1.165) is 16.3 Å². The van der Waals surface area contributed by atoms with E-state index in [1.807, 2.05) is 37.3 Å². The number of fused-ring (bicyclic) bond motifs is 1. The van der Waals surface area contributed by atoms with Crippen LogP contribution in [0.3, 0.4) is 0 Å². The maximum Gasteiger partial charge on any atom is 0.338 e. The molecule has 0 aromatic heterocycles. The predicted molar refractivity (Wildman–Crippen MR) is 99.4 cm³/mol. The Morgan fingerprint density at radius 1 is 1.29 bits per heavy atom. The minimum atomic E-state index is -0.381. The van der Waals surface area contributed by atoms with Gasteiger partial charge in [0.1, 0.15) is 6.61 Å². The fraction of sp³-hybridized carbons (Fsp3) is 0.158. The fourth-order valence-corrected chi connectivity index (χ4v) is 3.09. The summed E-state index contributed by atoms with van der Waals surface area (Å²) in [7, 11) is 0. The van der Waals surface area contributed by atoms with Crippen LogP contribution >= 0.6 is 12.2 Å². The van der Waals surface area contributed by atoms with Crippen LogP contribution in [0, 0.1) is 0 Å². The van der Waals surface area contributed by atoms with Gasteiger partial charge in [-0.05, 0) is 41.5 Å². The molecule has 2 aromatic rings. The van der Waals surface area contributed by atoms with Gasteiger partial charge in [-0.25, -0.2) is 4.79 Å². The van der Waals surface area contributed by atoms with E-state index in [-0.39, 0.29) is 18.6 Å². The minimum absolute atomic E-state index is 0.171. The number of allylic oxidation sites excluding steroid dienone is 1. The summed E-state index contributed by atoms with van der Waals surface area (Å²) in [6, 6.07) is 13.9. The summed E-state index contributed by atoms with van der Waals surface area (Å²) < 4.78 is 5.24. The maximum atomic E-state index is 12.5. The summed E-state index contributed by atoms with van der Waals surface area (Å²) in [5.41, 5.74) is 2.19. The van der Waals surface area contributed by atoms with E-state index in [2.05, 4.69) is 29.3 Å².